The van der Waals surface area contributed by atoms with Gasteiger partial charge >= 0.3 is 0 Å². The van der Waals surface area contributed by atoms with Gasteiger partial charge in [0.1, 0.15) is 0 Å². The maximum atomic E-state index is 11.8. The van der Waals surface area contributed by atoms with Crippen LogP contribution in [0.2, 0.25) is 0 Å². The first kappa shape index (κ1) is 21.9. The number of rotatable bonds is 9. The van der Waals surface area contributed by atoms with Crippen LogP contribution in [0.5, 0.6) is 0 Å². The second kappa shape index (κ2) is 9.82. The lowest BCUT2D eigenvalue weighted by Crippen LogP contribution is -2.23. The van der Waals surface area contributed by atoms with E-state index in [-0.39, 0.29) is 5.78 Å². The number of carbonyl (C=O) groups is 3. The number of hydrogen-bond acceptors (Lipinski definition) is 4. The van der Waals surface area contributed by atoms with E-state index >= 15 is 0 Å². The number of nitrogens with zero attached hydrogens (tertiary/aromatic N) is 1. The Morgan fingerprint density at radius 2 is 1.00 bits per heavy atom. The van der Waals surface area contributed by atoms with Crippen molar-refractivity contribution in [2.75, 3.05) is 0 Å². The van der Waals surface area contributed by atoms with Crippen LogP contribution in [0.25, 0.3) is 0 Å². The molecule has 0 saturated carbocycles. The summed E-state index contributed by atoms with van der Waals surface area (Å²) in [6, 6.07) is 21.9. The Balaban J connectivity index is 1.89. The van der Waals surface area contributed by atoms with Crippen LogP contribution in [0.1, 0.15) is 54.7 Å². The van der Waals surface area contributed by atoms with E-state index in [0.717, 1.165) is 16.7 Å². The smallest absolute Gasteiger partial charge is 0.248 e. The third kappa shape index (κ3) is 6.10. The molecule has 0 fully saturated rings. The summed E-state index contributed by atoms with van der Waals surface area (Å²) in [6.45, 7) is 3.21. The first-order chi connectivity index (χ1) is 14.8. The van der Waals surface area contributed by atoms with Crippen LogP contribution in [0.4, 0.5) is 0 Å². The first-order valence-electron chi connectivity index (χ1n) is 9.91. The van der Waals surface area contributed by atoms with Crippen molar-refractivity contribution in [2.24, 2.45) is 11.5 Å². The molecule has 0 atom stereocenters. The molecule has 0 aromatic heterocycles. The Labute approximate surface area is 181 Å². The molecule has 3 rings (SSSR count). The highest BCUT2D eigenvalue weighted by Gasteiger charge is 2.12. The highest BCUT2D eigenvalue weighted by atomic mass is 16.1. The number of Topliss-reactive ketones (excluding diaryl/α,β-unsaturated/α-hetero) is 1. The number of benzene rings is 3. The van der Waals surface area contributed by atoms with Crippen LogP contribution < -0.4 is 11.5 Å². The first-order valence-corrected chi connectivity index (χ1v) is 9.91. The zero-order valence-electron chi connectivity index (χ0n) is 17.4. The summed E-state index contributed by atoms with van der Waals surface area (Å²) in [4.78, 5) is 37.0. The standard InChI is InChI=1S/C25H25N3O3/c1-17(29)21-8-2-5-18(11-21)14-28(15-19-6-3-9-22(12-19)24(26)30)16-20-7-4-10-23(13-20)25(27)31/h2-13H,14-16H2,1H3,(H2,26,30)(H2,27,31). The molecule has 0 heterocycles. The zero-order chi connectivity index (χ0) is 22.4. The van der Waals surface area contributed by atoms with Gasteiger partial charge in [0.15, 0.2) is 5.78 Å². The van der Waals surface area contributed by atoms with Crippen molar-refractivity contribution < 1.29 is 14.4 Å². The van der Waals surface area contributed by atoms with E-state index < -0.39 is 11.8 Å². The van der Waals surface area contributed by atoms with Gasteiger partial charge in [0.2, 0.25) is 11.8 Å². The maximum absolute atomic E-state index is 11.8. The monoisotopic (exact) mass is 415 g/mol. The number of ketones is 1. The third-order valence-electron chi connectivity index (χ3n) is 4.98. The number of hydrogen-bond donors (Lipinski definition) is 2. The summed E-state index contributed by atoms with van der Waals surface area (Å²) in [7, 11) is 0. The van der Waals surface area contributed by atoms with Gasteiger partial charge in [-0.2, -0.15) is 0 Å². The van der Waals surface area contributed by atoms with Gasteiger partial charge in [0.25, 0.3) is 0 Å². The second-order valence-corrected chi connectivity index (χ2v) is 7.53. The van der Waals surface area contributed by atoms with Gasteiger partial charge < -0.3 is 11.5 Å². The van der Waals surface area contributed by atoms with Crippen LogP contribution in [-0.2, 0) is 19.6 Å². The largest absolute Gasteiger partial charge is 0.366 e. The molecular formula is C25H25N3O3. The Morgan fingerprint density at radius 3 is 1.35 bits per heavy atom. The third-order valence-corrected chi connectivity index (χ3v) is 4.98. The van der Waals surface area contributed by atoms with Crippen LogP contribution in [-0.4, -0.2) is 22.5 Å². The van der Waals surface area contributed by atoms with E-state index in [9.17, 15) is 14.4 Å². The van der Waals surface area contributed by atoms with E-state index in [1.165, 1.54) is 0 Å². The van der Waals surface area contributed by atoms with Crippen molar-refractivity contribution in [3.05, 3.63) is 106 Å². The molecule has 0 aliphatic carbocycles. The van der Waals surface area contributed by atoms with Gasteiger partial charge in [-0.25, -0.2) is 0 Å². The summed E-state index contributed by atoms with van der Waals surface area (Å²) >= 11 is 0. The molecule has 6 heteroatoms. The molecule has 31 heavy (non-hydrogen) atoms. The van der Waals surface area contributed by atoms with Gasteiger partial charge in [-0.1, -0.05) is 42.5 Å². The summed E-state index contributed by atoms with van der Waals surface area (Å²) in [6.07, 6.45) is 0. The molecule has 3 aromatic rings. The van der Waals surface area contributed by atoms with Gasteiger partial charge in [0, 0.05) is 36.3 Å². The van der Waals surface area contributed by atoms with Crippen LogP contribution >= 0.6 is 0 Å². The zero-order valence-corrected chi connectivity index (χ0v) is 17.4. The topological polar surface area (TPSA) is 106 Å². The summed E-state index contributed by atoms with van der Waals surface area (Å²) in [5.41, 5.74) is 15.3. The van der Waals surface area contributed by atoms with Crippen molar-refractivity contribution in [3.63, 3.8) is 0 Å². The van der Waals surface area contributed by atoms with E-state index in [1.54, 1.807) is 49.4 Å². The van der Waals surface area contributed by atoms with Crippen LogP contribution in [0, 0.1) is 0 Å². The predicted octanol–water partition coefficient (Wildman–Crippen LogP) is 3.29. The average Bonchev–Trinajstić information content (AvgIpc) is 2.74. The fraction of sp³-hybridized carbons (Fsp3) is 0.160. The molecule has 158 valence electrons. The van der Waals surface area contributed by atoms with E-state index in [0.29, 0.717) is 36.3 Å². The highest BCUT2D eigenvalue weighted by molar-refractivity contribution is 5.94. The molecule has 2 amide bonds. The van der Waals surface area contributed by atoms with Gasteiger partial charge in [0.05, 0.1) is 0 Å². The predicted molar refractivity (Wildman–Crippen MR) is 119 cm³/mol. The van der Waals surface area contributed by atoms with Crippen molar-refractivity contribution in [1.29, 1.82) is 0 Å². The molecule has 0 spiro atoms. The minimum absolute atomic E-state index is 0.0109. The Hall–Kier alpha value is -3.77. The molecule has 0 saturated heterocycles. The minimum atomic E-state index is -0.475. The lowest BCUT2D eigenvalue weighted by Gasteiger charge is -2.23. The Kier molecular flexibility index (Phi) is 6.95. The Bertz CT molecular complexity index is 983. The van der Waals surface area contributed by atoms with Gasteiger partial charge in [-0.05, 0) is 53.9 Å². The number of nitrogens with two attached hydrogens (primary N) is 2. The van der Waals surface area contributed by atoms with Gasteiger partial charge in [-0.15, -0.1) is 0 Å². The fourth-order valence-corrected chi connectivity index (χ4v) is 3.48. The maximum Gasteiger partial charge on any atom is 0.248 e. The summed E-state index contributed by atoms with van der Waals surface area (Å²) in [5, 5.41) is 0. The number of amides is 2. The SMILES string of the molecule is CC(=O)c1cccc(CN(Cc2cccc(C(N)=O)c2)Cc2cccc(C(N)=O)c2)c1. The minimum Gasteiger partial charge on any atom is -0.366 e. The van der Waals surface area contributed by atoms with Crippen LogP contribution in [0.15, 0.2) is 72.8 Å². The quantitative estimate of drug-likeness (QED) is 0.523. The number of carbonyl (C=O) groups excluding carboxylic acids is 3. The number of primary amides is 2. The molecule has 0 bridgehead atoms. The fourth-order valence-electron chi connectivity index (χ4n) is 3.48. The lowest BCUT2D eigenvalue weighted by atomic mass is 10.1. The molecule has 0 aliphatic heterocycles. The molecule has 0 radical (unpaired) electrons. The molecular weight excluding hydrogens is 390 g/mol. The van der Waals surface area contributed by atoms with Crippen molar-refractivity contribution in [1.82, 2.24) is 4.90 Å². The Morgan fingerprint density at radius 1 is 0.645 bits per heavy atom. The van der Waals surface area contributed by atoms with Crippen molar-refractivity contribution in [3.8, 4) is 0 Å². The lowest BCUT2D eigenvalue weighted by molar-refractivity contribution is 0.0992. The summed E-state index contributed by atoms with van der Waals surface area (Å²) in [5.74, 6) is -0.940. The van der Waals surface area contributed by atoms with Gasteiger partial charge in [-0.3, -0.25) is 19.3 Å². The molecule has 0 unspecified atom stereocenters. The summed E-state index contributed by atoms with van der Waals surface area (Å²) < 4.78 is 0. The molecule has 0 aliphatic rings. The second-order valence-electron chi connectivity index (χ2n) is 7.53. The normalized spacial score (nSPS) is 10.8. The van der Waals surface area contributed by atoms with Crippen molar-refractivity contribution in [2.45, 2.75) is 26.6 Å². The average molecular weight is 415 g/mol. The van der Waals surface area contributed by atoms with E-state index in [4.69, 9.17) is 11.5 Å². The van der Waals surface area contributed by atoms with Crippen molar-refractivity contribution >= 4 is 17.6 Å². The highest BCUT2D eigenvalue weighted by Crippen LogP contribution is 2.17. The van der Waals surface area contributed by atoms with E-state index in [2.05, 4.69) is 4.90 Å². The molecule has 6 nitrogen and oxygen atoms in total. The molecule has 4 N–H and O–H groups in total. The van der Waals surface area contributed by atoms with E-state index in [1.807, 2.05) is 30.3 Å². The van der Waals surface area contributed by atoms with Crippen LogP contribution in [0.3, 0.4) is 0 Å². The molecule has 3 aromatic carbocycles.